The van der Waals surface area contributed by atoms with Crippen LogP contribution in [0.3, 0.4) is 0 Å². The van der Waals surface area contributed by atoms with Gasteiger partial charge in [0.1, 0.15) is 5.82 Å². The van der Waals surface area contributed by atoms with Gasteiger partial charge in [0.15, 0.2) is 11.5 Å². The van der Waals surface area contributed by atoms with Crippen LogP contribution in [-0.4, -0.2) is 60.8 Å². The van der Waals surface area contributed by atoms with Crippen LogP contribution in [0.25, 0.3) is 0 Å². The molecule has 3 rings (SSSR count). The lowest BCUT2D eigenvalue weighted by Crippen LogP contribution is -2.53. The number of nitrogens with zero attached hydrogens (tertiary/aromatic N) is 4. The van der Waals surface area contributed by atoms with Crippen molar-refractivity contribution in [2.45, 2.75) is 6.42 Å². The maximum atomic E-state index is 13.4. The van der Waals surface area contributed by atoms with E-state index in [1.54, 1.807) is 0 Å². The summed E-state index contributed by atoms with van der Waals surface area (Å²) in [6.07, 6.45) is 0.700. The molecule has 4 N–H and O–H groups in total. The first kappa shape index (κ1) is 21.6. The van der Waals surface area contributed by atoms with Crippen molar-refractivity contribution in [3.05, 3.63) is 34.2 Å². The standard InChI is InChI=1S/C15H19BrFN7O4S/c1-18-29(26,27)24-7-9(8-24)4-5-19-14-13(22-28-23-14)15(21-25)20-10-2-3-12(17)11(16)6-10/h2-3,6,9,18,25H,4-5,7-8H2,1H3,(H,19,23)(H,20,21). The van der Waals surface area contributed by atoms with Gasteiger partial charge in [-0.1, -0.05) is 0 Å². The molecule has 0 aliphatic carbocycles. The molecule has 0 amide bonds. The van der Waals surface area contributed by atoms with Crippen LogP contribution in [0.2, 0.25) is 0 Å². The molecule has 0 atom stereocenters. The van der Waals surface area contributed by atoms with Gasteiger partial charge in [0, 0.05) is 26.7 Å². The van der Waals surface area contributed by atoms with Crippen LogP contribution >= 0.6 is 15.9 Å². The van der Waals surface area contributed by atoms with Crippen LogP contribution in [0.1, 0.15) is 12.1 Å². The number of halogens is 2. The Morgan fingerprint density at radius 1 is 1.45 bits per heavy atom. The molecule has 0 radical (unpaired) electrons. The maximum Gasteiger partial charge on any atom is 0.279 e. The molecular formula is C15H19BrFN7O4S. The van der Waals surface area contributed by atoms with E-state index in [0.29, 0.717) is 31.7 Å². The number of hydroxylamine groups is 1. The number of hydrogen-bond donors (Lipinski definition) is 4. The highest BCUT2D eigenvalue weighted by Gasteiger charge is 2.34. The van der Waals surface area contributed by atoms with Gasteiger partial charge in [-0.3, -0.25) is 10.7 Å². The molecule has 1 aromatic heterocycles. The van der Waals surface area contributed by atoms with Gasteiger partial charge in [0.2, 0.25) is 5.82 Å². The Hall–Kier alpha value is -2.13. The fourth-order valence-electron chi connectivity index (χ4n) is 2.70. The van der Waals surface area contributed by atoms with Gasteiger partial charge in [-0.25, -0.2) is 18.7 Å². The molecule has 1 fully saturated rings. The summed E-state index contributed by atoms with van der Waals surface area (Å²) in [5.74, 6) is -0.00714. The quantitative estimate of drug-likeness (QED) is 0.245. The maximum absolute atomic E-state index is 13.4. The highest BCUT2D eigenvalue weighted by atomic mass is 79.9. The second kappa shape index (κ2) is 9.13. The van der Waals surface area contributed by atoms with E-state index in [1.165, 1.54) is 29.6 Å². The monoisotopic (exact) mass is 491 g/mol. The topological polar surface area (TPSA) is 145 Å². The number of benzene rings is 1. The number of rotatable bonds is 8. The highest BCUT2D eigenvalue weighted by molar-refractivity contribution is 9.10. The minimum absolute atomic E-state index is 0.0396. The predicted octanol–water partition coefficient (Wildman–Crippen LogP) is 1.23. The number of amidine groups is 1. The molecule has 14 heteroatoms. The smallest absolute Gasteiger partial charge is 0.279 e. The van der Waals surface area contributed by atoms with E-state index in [1.807, 2.05) is 5.48 Å². The SMILES string of the molecule is CNS(=O)(=O)N1CC(CCNc2nonc2C(=Nc2ccc(F)c(Br)c2)NO)C1. The van der Waals surface area contributed by atoms with E-state index in [4.69, 9.17) is 4.63 Å². The lowest BCUT2D eigenvalue weighted by atomic mass is 9.99. The number of hydrogen-bond acceptors (Lipinski definition) is 8. The number of nitrogens with one attached hydrogen (secondary N) is 3. The van der Waals surface area contributed by atoms with E-state index >= 15 is 0 Å². The van der Waals surface area contributed by atoms with Gasteiger partial charge < -0.3 is 5.32 Å². The van der Waals surface area contributed by atoms with Crippen molar-refractivity contribution in [2.75, 3.05) is 32.0 Å². The lowest BCUT2D eigenvalue weighted by molar-refractivity contribution is 0.192. The van der Waals surface area contributed by atoms with E-state index in [0.717, 1.165) is 0 Å². The molecule has 0 unspecified atom stereocenters. The van der Waals surface area contributed by atoms with Gasteiger partial charge in [0.05, 0.1) is 10.2 Å². The third kappa shape index (κ3) is 5.08. The van der Waals surface area contributed by atoms with Crippen molar-refractivity contribution in [3.63, 3.8) is 0 Å². The summed E-state index contributed by atoms with van der Waals surface area (Å²) in [7, 11) is -2.00. The number of aliphatic imine (C=N–C) groups is 1. The zero-order valence-corrected chi connectivity index (χ0v) is 17.7. The highest BCUT2D eigenvalue weighted by Crippen LogP contribution is 2.24. The van der Waals surface area contributed by atoms with Crippen LogP contribution in [-0.2, 0) is 10.2 Å². The second-order valence-corrected chi connectivity index (χ2v) is 8.97. The van der Waals surface area contributed by atoms with E-state index < -0.39 is 16.0 Å². The minimum atomic E-state index is -3.37. The molecule has 0 saturated carbocycles. The van der Waals surface area contributed by atoms with Crippen molar-refractivity contribution < 1.29 is 22.6 Å². The molecule has 1 aliphatic heterocycles. The summed E-state index contributed by atoms with van der Waals surface area (Å²) >= 11 is 3.07. The Bertz CT molecular complexity index is 994. The summed E-state index contributed by atoms with van der Waals surface area (Å²) in [5, 5.41) is 19.9. The Kier molecular flexibility index (Phi) is 6.79. The molecule has 0 bridgehead atoms. The Balaban J connectivity index is 1.60. The Morgan fingerprint density at radius 2 is 2.21 bits per heavy atom. The molecule has 1 aromatic carbocycles. The van der Waals surface area contributed by atoms with Crippen molar-refractivity contribution in [1.82, 2.24) is 24.8 Å². The third-order valence-corrected chi connectivity index (χ3v) is 6.43. The lowest BCUT2D eigenvalue weighted by Gasteiger charge is -2.37. The molecule has 158 valence electrons. The first-order chi connectivity index (χ1) is 13.8. The summed E-state index contributed by atoms with van der Waals surface area (Å²) in [6.45, 7) is 1.37. The number of anilines is 1. The van der Waals surface area contributed by atoms with E-state index in [9.17, 15) is 18.0 Å². The van der Waals surface area contributed by atoms with Crippen molar-refractivity contribution in [3.8, 4) is 0 Å². The first-order valence-corrected chi connectivity index (χ1v) is 10.8. The normalized spacial score (nSPS) is 15.9. The molecular weight excluding hydrogens is 473 g/mol. The largest absolute Gasteiger partial charge is 0.365 e. The third-order valence-electron chi connectivity index (χ3n) is 4.33. The fraction of sp³-hybridized carbons (Fsp3) is 0.400. The second-order valence-electron chi connectivity index (χ2n) is 6.24. The molecule has 29 heavy (non-hydrogen) atoms. The van der Waals surface area contributed by atoms with Crippen molar-refractivity contribution >= 4 is 43.5 Å². The molecule has 2 heterocycles. The fourth-order valence-corrected chi connectivity index (χ4v) is 4.14. The molecule has 11 nitrogen and oxygen atoms in total. The van der Waals surface area contributed by atoms with Crippen LogP contribution in [0.5, 0.6) is 0 Å². The van der Waals surface area contributed by atoms with Gasteiger partial charge >= 0.3 is 0 Å². The zero-order valence-electron chi connectivity index (χ0n) is 15.3. The summed E-state index contributed by atoms with van der Waals surface area (Å²) in [5.41, 5.74) is 2.44. The van der Waals surface area contributed by atoms with Crippen molar-refractivity contribution in [2.24, 2.45) is 10.9 Å². The van der Waals surface area contributed by atoms with Gasteiger partial charge in [-0.2, -0.15) is 12.7 Å². The van der Waals surface area contributed by atoms with Crippen LogP contribution in [0.15, 0.2) is 32.3 Å². The van der Waals surface area contributed by atoms with Gasteiger partial charge in [-0.15, -0.1) is 0 Å². The minimum Gasteiger partial charge on any atom is -0.365 e. The molecule has 1 aliphatic rings. The van der Waals surface area contributed by atoms with Crippen LogP contribution in [0, 0.1) is 11.7 Å². The summed E-state index contributed by atoms with van der Waals surface area (Å²) in [4.78, 5) is 4.18. The zero-order chi connectivity index (χ0) is 21.0. The molecule has 1 saturated heterocycles. The summed E-state index contributed by atoms with van der Waals surface area (Å²) < 4.78 is 45.2. The average Bonchev–Trinajstić information content (AvgIpc) is 3.12. The van der Waals surface area contributed by atoms with Crippen LogP contribution in [0.4, 0.5) is 15.9 Å². The summed E-state index contributed by atoms with van der Waals surface area (Å²) in [6, 6.07) is 4.10. The van der Waals surface area contributed by atoms with Crippen LogP contribution < -0.4 is 15.5 Å². The molecule has 2 aromatic rings. The molecule has 0 spiro atoms. The first-order valence-electron chi connectivity index (χ1n) is 8.53. The van der Waals surface area contributed by atoms with Gasteiger partial charge in [0.25, 0.3) is 10.2 Å². The average molecular weight is 492 g/mol. The Morgan fingerprint density at radius 3 is 2.86 bits per heavy atom. The van der Waals surface area contributed by atoms with E-state index in [-0.39, 0.29) is 27.7 Å². The van der Waals surface area contributed by atoms with Gasteiger partial charge in [-0.05, 0) is 56.8 Å². The van der Waals surface area contributed by atoms with E-state index in [2.05, 4.69) is 41.3 Å². The predicted molar refractivity (Wildman–Crippen MR) is 106 cm³/mol. The number of aromatic nitrogens is 2. The van der Waals surface area contributed by atoms with Crippen molar-refractivity contribution in [1.29, 1.82) is 0 Å². The Labute approximate surface area is 174 Å².